The molecule has 1 fully saturated rings. The normalized spacial score (nSPS) is 17.5. The van der Waals surface area contributed by atoms with E-state index in [-0.39, 0.29) is 23.4 Å². The molecular formula is C24H21F2N3O4. The molecule has 9 heteroatoms. The molecule has 1 aromatic heterocycles. The zero-order valence-electron chi connectivity index (χ0n) is 17.7. The van der Waals surface area contributed by atoms with E-state index in [4.69, 9.17) is 4.74 Å². The third-order valence-electron chi connectivity index (χ3n) is 5.50. The fourth-order valence-electron chi connectivity index (χ4n) is 3.99. The molecule has 1 atom stereocenters. The van der Waals surface area contributed by atoms with Crippen molar-refractivity contribution in [2.75, 3.05) is 13.7 Å². The predicted molar refractivity (Wildman–Crippen MR) is 115 cm³/mol. The Hall–Kier alpha value is -4.01. The van der Waals surface area contributed by atoms with E-state index < -0.39 is 35.1 Å². The Bertz CT molecular complexity index is 1220. The number of aromatic nitrogens is 2. The van der Waals surface area contributed by atoms with Gasteiger partial charge in [-0.05, 0) is 42.3 Å². The first-order valence-electron chi connectivity index (χ1n) is 10.2. The lowest BCUT2D eigenvalue weighted by Gasteiger charge is -2.25. The van der Waals surface area contributed by atoms with Crippen molar-refractivity contribution in [3.63, 3.8) is 0 Å². The number of likely N-dealkylation sites (tertiary alicyclic amines) is 1. The summed E-state index contributed by atoms with van der Waals surface area (Å²) in [5.74, 6) is -3.44. The Morgan fingerprint density at radius 3 is 2.61 bits per heavy atom. The molecule has 2 heterocycles. The molecule has 2 aromatic carbocycles. The van der Waals surface area contributed by atoms with Gasteiger partial charge in [-0.15, -0.1) is 0 Å². The van der Waals surface area contributed by atoms with Gasteiger partial charge in [0.1, 0.15) is 23.1 Å². The largest absolute Gasteiger partial charge is 0.507 e. The number of methoxy groups -OCH3 is 1. The van der Waals surface area contributed by atoms with E-state index in [1.807, 2.05) is 4.57 Å². The number of aryl methyl sites for hydroxylation is 1. The van der Waals surface area contributed by atoms with Gasteiger partial charge in [-0.25, -0.2) is 13.8 Å². The van der Waals surface area contributed by atoms with E-state index in [0.29, 0.717) is 18.5 Å². The molecule has 0 saturated carbocycles. The fraction of sp³-hybridized carbons (Fsp3) is 0.208. The van der Waals surface area contributed by atoms with Crippen molar-refractivity contribution < 1.29 is 28.2 Å². The van der Waals surface area contributed by atoms with Crippen LogP contribution in [0.4, 0.5) is 8.78 Å². The number of ether oxygens (including phenoxy) is 1. The first kappa shape index (κ1) is 22.2. The van der Waals surface area contributed by atoms with Gasteiger partial charge in [-0.3, -0.25) is 9.59 Å². The summed E-state index contributed by atoms with van der Waals surface area (Å²) in [4.78, 5) is 31.2. The van der Waals surface area contributed by atoms with E-state index in [1.54, 1.807) is 24.8 Å². The highest BCUT2D eigenvalue weighted by Crippen LogP contribution is 2.41. The molecule has 1 aliphatic rings. The molecular weight excluding hydrogens is 432 g/mol. The number of benzene rings is 2. The Kier molecular flexibility index (Phi) is 6.21. The number of Topliss-reactive ketones (excluding diaryl/α,β-unsaturated/α-hetero) is 1. The molecule has 0 radical (unpaired) electrons. The molecule has 7 nitrogen and oxygen atoms in total. The number of aliphatic hydroxyl groups is 1. The monoisotopic (exact) mass is 453 g/mol. The molecule has 4 rings (SSSR count). The van der Waals surface area contributed by atoms with E-state index in [2.05, 4.69) is 4.98 Å². The topological polar surface area (TPSA) is 84.7 Å². The van der Waals surface area contributed by atoms with Crippen molar-refractivity contribution in [2.24, 2.45) is 0 Å². The zero-order valence-corrected chi connectivity index (χ0v) is 17.7. The summed E-state index contributed by atoms with van der Waals surface area (Å²) in [6.07, 6.45) is 5.52. The summed E-state index contributed by atoms with van der Waals surface area (Å²) in [6, 6.07) is 7.90. The van der Waals surface area contributed by atoms with Gasteiger partial charge < -0.3 is 19.3 Å². The van der Waals surface area contributed by atoms with Crippen LogP contribution in [0.25, 0.3) is 5.76 Å². The van der Waals surface area contributed by atoms with Crippen LogP contribution in [0.3, 0.4) is 0 Å². The minimum atomic E-state index is -1.04. The van der Waals surface area contributed by atoms with Crippen molar-refractivity contribution in [3.05, 3.63) is 89.5 Å². The van der Waals surface area contributed by atoms with Crippen molar-refractivity contribution >= 4 is 17.4 Å². The van der Waals surface area contributed by atoms with E-state index in [1.165, 1.54) is 36.3 Å². The fourth-order valence-corrected chi connectivity index (χ4v) is 3.99. The summed E-state index contributed by atoms with van der Waals surface area (Å²) in [6.45, 7) is 0.706. The average Bonchev–Trinajstić information content (AvgIpc) is 3.41. The molecule has 1 amide bonds. The van der Waals surface area contributed by atoms with E-state index in [9.17, 15) is 23.5 Å². The maximum Gasteiger partial charge on any atom is 0.295 e. The number of amides is 1. The van der Waals surface area contributed by atoms with E-state index in [0.717, 1.165) is 12.1 Å². The van der Waals surface area contributed by atoms with Crippen LogP contribution in [-0.4, -0.2) is 44.9 Å². The van der Waals surface area contributed by atoms with Crippen molar-refractivity contribution in [3.8, 4) is 5.75 Å². The van der Waals surface area contributed by atoms with Crippen LogP contribution in [-0.2, 0) is 16.1 Å². The smallest absolute Gasteiger partial charge is 0.295 e. The molecule has 0 aliphatic carbocycles. The van der Waals surface area contributed by atoms with Crippen molar-refractivity contribution in [1.29, 1.82) is 0 Å². The van der Waals surface area contributed by atoms with Gasteiger partial charge in [-0.1, -0.05) is 12.1 Å². The molecule has 0 spiro atoms. The molecule has 1 saturated heterocycles. The number of rotatable bonds is 7. The number of hydrogen-bond acceptors (Lipinski definition) is 5. The zero-order chi connectivity index (χ0) is 23.5. The van der Waals surface area contributed by atoms with Crippen LogP contribution >= 0.6 is 0 Å². The molecule has 0 bridgehead atoms. The van der Waals surface area contributed by atoms with Gasteiger partial charge in [0.2, 0.25) is 0 Å². The molecule has 1 N–H and O–H groups in total. The van der Waals surface area contributed by atoms with Crippen LogP contribution in [0.1, 0.15) is 23.6 Å². The van der Waals surface area contributed by atoms with Gasteiger partial charge in [-0.2, -0.15) is 0 Å². The predicted octanol–water partition coefficient (Wildman–Crippen LogP) is 3.68. The number of carbonyl (C=O) groups is 2. The number of imidazole rings is 1. The number of hydrogen-bond donors (Lipinski definition) is 1. The molecule has 170 valence electrons. The second-order valence-electron chi connectivity index (χ2n) is 7.55. The number of nitrogens with zero attached hydrogens (tertiary/aromatic N) is 3. The van der Waals surface area contributed by atoms with Gasteiger partial charge in [0.05, 0.1) is 30.6 Å². The Balaban J connectivity index is 1.79. The SMILES string of the molecule is COc1ccc(F)cc1/C(O)=C1\C(=O)C(=O)N(CCCn2ccnc2)[C@H]1c1cccc(F)c1. The van der Waals surface area contributed by atoms with Crippen LogP contribution in [0.15, 0.2) is 66.8 Å². The second kappa shape index (κ2) is 9.23. The van der Waals surface area contributed by atoms with Crippen LogP contribution in [0.2, 0.25) is 0 Å². The minimum absolute atomic E-state index is 0.0738. The summed E-state index contributed by atoms with van der Waals surface area (Å²) >= 11 is 0. The Labute approximate surface area is 188 Å². The van der Waals surface area contributed by atoms with Gasteiger partial charge in [0.15, 0.2) is 0 Å². The van der Waals surface area contributed by atoms with Crippen LogP contribution in [0.5, 0.6) is 5.75 Å². The summed E-state index contributed by atoms with van der Waals surface area (Å²) < 4.78 is 35.0. The average molecular weight is 453 g/mol. The van der Waals surface area contributed by atoms with E-state index >= 15 is 0 Å². The quantitative estimate of drug-likeness (QED) is 0.335. The summed E-state index contributed by atoms with van der Waals surface area (Å²) in [7, 11) is 1.34. The number of halogens is 2. The van der Waals surface area contributed by atoms with Crippen LogP contribution in [0, 0.1) is 11.6 Å². The third-order valence-corrected chi connectivity index (χ3v) is 5.50. The van der Waals surface area contributed by atoms with Gasteiger partial charge in [0, 0.05) is 25.5 Å². The summed E-state index contributed by atoms with van der Waals surface area (Å²) in [5.41, 5.74) is -0.0128. The van der Waals surface area contributed by atoms with Crippen molar-refractivity contribution in [2.45, 2.75) is 19.0 Å². The Morgan fingerprint density at radius 2 is 1.91 bits per heavy atom. The number of ketones is 1. The molecule has 3 aromatic rings. The first-order chi connectivity index (χ1) is 15.9. The summed E-state index contributed by atoms with van der Waals surface area (Å²) in [5, 5.41) is 11.1. The highest BCUT2D eigenvalue weighted by molar-refractivity contribution is 6.46. The highest BCUT2D eigenvalue weighted by Gasteiger charge is 2.46. The number of carbonyl (C=O) groups excluding carboxylic acids is 2. The van der Waals surface area contributed by atoms with Gasteiger partial charge >= 0.3 is 0 Å². The molecule has 33 heavy (non-hydrogen) atoms. The standard InChI is InChI=1S/C24H21F2N3O4/c1-33-19-7-6-17(26)13-18(19)22(30)20-21(15-4-2-5-16(25)12-15)29(24(32)23(20)31)10-3-9-28-11-8-27-14-28/h2,4-8,11-14,21,30H,3,9-10H2,1H3/b22-20+/t21-/m0/s1. The maximum absolute atomic E-state index is 14.1. The van der Waals surface area contributed by atoms with Crippen LogP contribution < -0.4 is 4.74 Å². The van der Waals surface area contributed by atoms with Gasteiger partial charge in [0.25, 0.3) is 11.7 Å². The number of aliphatic hydroxyl groups excluding tert-OH is 1. The highest BCUT2D eigenvalue weighted by atomic mass is 19.1. The lowest BCUT2D eigenvalue weighted by atomic mass is 9.95. The maximum atomic E-state index is 14.1. The Morgan fingerprint density at radius 1 is 1.12 bits per heavy atom. The lowest BCUT2D eigenvalue weighted by Crippen LogP contribution is -2.31. The third kappa shape index (κ3) is 4.34. The first-order valence-corrected chi connectivity index (χ1v) is 10.2. The lowest BCUT2D eigenvalue weighted by molar-refractivity contribution is -0.139. The molecule has 1 aliphatic heterocycles. The molecule has 0 unspecified atom stereocenters. The second-order valence-corrected chi connectivity index (χ2v) is 7.55. The minimum Gasteiger partial charge on any atom is -0.507 e. The van der Waals surface area contributed by atoms with Crippen molar-refractivity contribution in [1.82, 2.24) is 14.5 Å².